The summed E-state index contributed by atoms with van der Waals surface area (Å²) in [6, 6.07) is 0. The largest absolute Gasteiger partial charge is 0.341 e. The van der Waals surface area contributed by atoms with Crippen LogP contribution in [0.5, 0.6) is 0 Å². The van der Waals surface area contributed by atoms with Gasteiger partial charge in [-0.2, -0.15) is 5.10 Å². The monoisotopic (exact) mass is 245 g/mol. The zero-order chi connectivity index (χ0) is 12.3. The molecule has 2 bridgehead atoms. The van der Waals surface area contributed by atoms with Gasteiger partial charge in [-0.25, -0.2) is 0 Å². The molecule has 0 aliphatic heterocycles. The lowest BCUT2D eigenvalue weighted by Gasteiger charge is -2.18. The van der Waals surface area contributed by atoms with E-state index in [-0.39, 0.29) is 0 Å². The Kier molecular flexibility index (Phi) is 2.11. The number of rotatable bonds is 3. The third-order valence-corrected chi connectivity index (χ3v) is 5.37. The average molecular weight is 245 g/mol. The summed E-state index contributed by atoms with van der Waals surface area (Å²) < 4.78 is 0. The fraction of sp³-hybridized carbons (Fsp3) is 0.714. The lowest BCUT2D eigenvalue weighted by Crippen LogP contribution is -2.29. The zero-order valence-corrected chi connectivity index (χ0v) is 10.7. The molecule has 4 unspecified atom stereocenters. The van der Waals surface area contributed by atoms with E-state index in [9.17, 15) is 4.79 Å². The predicted octanol–water partition coefficient (Wildman–Crippen LogP) is 1.66. The maximum atomic E-state index is 12.5. The molecular weight excluding hydrogens is 226 g/mol. The highest BCUT2D eigenvalue weighted by molar-refractivity contribution is 5.82. The summed E-state index contributed by atoms with van der Waals surface area (Å²) in [5, 5.41) is 6.72. The summed E-state index contributed by atoms with van der Waals surface area (Å²) in [5.41, 5.74) is 1.08. The summed E-state index contributed by atoms with van der Waals surface area (Å²) in [6.45, 7) is 0.681. The SMILES string of the molecule is CN(Cc1cn[nH]c1)C(=O)C1C2C3CCC(C3)C12. The normalized spacial score (nSPS) is 39.7. The van der Waals surface area contributed by atoms with Crippen LogP contribution in [-0.4, -0.2) is 28.1 Å². The molecular formula is C14H19N3O. The van der Waals surface area contributed by atoms with Crippen LogP contribution in [0.25, 0.3) is 0 Å². The van der Waals surface area contributed by atoms with Gasteiger partial charge in [0.25, 0.3) is 0 Å². The first-order chi connectivity index (χ1) is 8.75. The Balaban J connectivity index is 1.43. The molecule has 3 fully saturated rings. The van der Waals surface area contributed by atoms with Crippen LogP contribution in [0.3, 0.4) is 0 Å². The van der Waals surface area contributed by atoms with Crippen LogP contribution >= 0.6 is 0 Å². The van der Waals surface area contributed by atoms with Crippen LogP contribution in [0.2, 0.25) is 0 Å². The van der Waals surface area contributed by atoms with E-state index in [2.05, 4.69) is 10.2 Å². The van der Waals surface area contributed by atoms with Crippen molar-refractivity contribution in [2.75, 3.05) is 7.05 Å². The molecule has 3 aliphatic carbocycles. The van der Waals surface area contributed by atoms with Crippen LogP contribution in [0.1, 0.15) is 24.8 Å². The van der Waals surface area contributed by atoms with E-state index in [0.717, 1.165) is 29.2 Å². The Morgan fingerprint density at radius 2 is 2.17 bits per heavy atom. The Bertz CT molecular complexity index is 453. The van der Waals surface area contributed by atoms with Crippen LogP contribution in [-0.2, 0) is 11.3 Å². The smallest absolute Gasteiger partial charge is 0.226 e. The maximum absolute atomic E-state index is 12.5. The van der Waals surface area contributed by atoms with Crippen molar-refractivity contribution in [2.24, 2.45) is 29.6 Å². The number of nitrogens with zero attached hydrogens (tertiary/aromatic N) is 2. The van der Waals surface area contributed by atoms with Crippen molar-refractivity contribution in [3.8, 4) is 0 Å². The van der Waals surface area contributed by atoms with E-state index in [4.69, 9.17) is 0 Å². The highest BCUT2D eigenvalue weighted by atomic mass is 16.2. The number of fused-ring (bicyclic) bond motifs is 5. The van der Waals surface area contributed by atoms with Gasteiger partial charge in [0, 0.05) is 31.3 Å². The van der Waals surface area contributed by atoms with E-state index in [1.807, 2.05) is 18.1 Å². The molecule has 0 radical (unpaired) electrons. The van der Waals surface area contributed by atoms with Crippen molar-refractivity contribution in [1.29, 1.82) is 0 Å². The fourth-order valence-electron chi connectivity index (χ4n) is 4.63. The van der Waals surface area contributed by atoms with Crippen molar-refractivity contribution >= 4 is 5.91 Å². The molecule has 1 amide bonds. The molecule has 4 nitrogen and oxygen atoms in total. The van der Waals surface area contributed by atoms with Crippen molar-refractivity contribution in [1.82, 2.24) is 15.1 Å². The minimum Gasteiger partial charge on any atom is -0.341 e. The van der Waals surface area contributed by atoms with Gasteiger partial charge in [-0.3, -0.25) is 9.89 Å². The first-order valence-corrected chi connectivity index (χ1v) is 6.98. The Morgan fingerprint density at radius 1 is 1.44 bits per heavy atom. The highest BCUT2D eigenvalue weighted by Crippen LogP contribution is 2.69. The third kappa shape index (κ3) is 1.38. The number of carbonyl (C=O) groups excluding carboxylic acids is 1. The standard InChI is InChI=1S/C14H19N3O/c1-17(7-8-5-15-16-6-8)14(18)13-11-9-2-3-10(4-9)12(11)13/h5-6,9-13H,2-4,7H2,1H3,(H,15,16). The molecule has 1 aromatic rings. The topological polar surface area (TPSA) is 49.0 Å². The number of aromatic amines is 1. The molecule has 1 N–H and O–H groups in total. The van der Waals surface area contributed by atoms with Gasteiger partial charge in [-0.1, -0.05) is 0 Å². The predicted molar refractivity (Wildman–Crippen MR) is 66.4 cm³/mol. The number of H-pyrrole nitrogens is 1. The van der Waals surface area contributed by atoms with Gasteiger partial charge in [0.2, 0.25) is 5.91 Å². The van der Waals surface area contributed by atoms with Gasteiger partial charge < -0.3 is 4.90 Å². The first-order valence-electron chi connectivity index (χ1n) is 6.98. The summed E-state index contributed by atoms with van der Waals surface area (Å²) in [5.74, 6) is 3.94. The molecule has 96 valence electrons. The van der Waals surface area contributed by atoms with Gasteiger partial charge >= 0.3 is 0 Å². The minimum absolute atomic E-state index is 0.355. The van der Waals surface area contributed by atoms with E-state index in [0.29, 0.717) is 18.4 Å². The van der Waals surface area contributed by atoms with Gasteiger partial charge in [0.05, 0.1) is 6.20 Å². The third-order valence-electron chi connectivity index (χ3n) is 5.37. The quantitative estimate of drug-likeness (QED) is 0.880. The van der Waals surface area contributed by atoms with Gasteiger partial charge in [0.1, 0.15) is 0 Å². The second-order valence-corrected chi connectivity index (χ2v) is 6.31. The molecule has 4 rings (SSSR count). The van der Waals surface area contributed by atoms with Crippen molar-refractivity contribution in [3.63, 3.8) is 0 Å². The molecule has 4 heteroatoms. The van der Waals surface area contributed by atoms with Crippen LogP contribution < -0.4 is 0 Å². The van der Waals surface area contributed by atoms with Crippen molar-refractivity contribution in [3.05, 3.63) is 18.0 Å². The second kappa shape index (κ2) is 3.59. The van der Waals surface area contributed by atoms with Crippen LogP contribution in [0, 0.1) is 29.6 Å². The molecule has 0 saturated heterocycles. The van der Waals surface area contributed by atoms with Gasteiger partial charge in [0.15, 0.2) is 0 Å². The molecule has 18 heavy (non-hydrogen) atoms. The van der Waals surface area contributed by atoms with Crippen LogP contribution in [0.4, 0.5) is 0 Å². The maximum Gasteiger partial charge on any atom is 0.226 e. The number of amides is 1. The molecule has 3 saturated carbocycles. The van der Waals surface area contributed by atoms with E-state index < -0.39 is 0 Å². The number of aromatic nitrogens is 2. The molecule has 1 heterocycles. The van der Waals surface area contributed by atoms with E-state index in [1.54, 1.807) is 6.20 Å². The summed E-state index contributed by atoms with van der Waals surface area (Å²) in [6.07, 6.45) is 7.81. The second-order valence-electron chi connectivity index (χ2n) is 6.31. The molecule has 1 aromatic heterocycles. The number of hydrogen-bond acceptors (Lipinski definition) is 2. The van der Waals surface area contributed by atoms with Crippen LogP contribution in [0.15, 0.2) is 12.4 Å². The number of hydrogen-bond donors (Lipinski definition) is 1. The van der Waals surface area contributed by atoms with E-state index >= 15 is 0 Å². The lowest BCUT2D eigenvalue weighted by molar-refractivity contribution is -0.132. The lowest BCUT2D eigenvalue weighted by atomic mass is 10.0. The Labute approximate surface area is 107 Å². The van der Waals surface area contributed by atoms with Crippen molar-refractivity contribution in [2.45, 2.75) is 25.8 Å². The Morgan fingerprint density at radius 3 is 2.78 bits per heavy atom. The van der Waals surface area contributed by atoms with Gasteiger partial charge in [-0.05, 0) is 42.9 Å². The molecule has 0 spiro atoms. The first kappa shape index (κ1) is 10.6. The number of nitrogens with one attached hydrogen (secondary N) is 1. The summed E-state index contributed by atoms with van der Waals surface area (Å²) in [4.78, 5) is 14.3. The molecule has 4 atom stereocenters. The summed E-state index contributed by atoms with van der Waals surface area (Å²) in [7, 11) is 1.92. The fourth-order valence-corrected chi connectivity index (χ4v) is 4.63. The summed E-state index contributed by atoms with van der Waals surface area (Å²) >= 11 is 0. The average Bonchev–Trinajstić information content (AvgIpc) is 2.81. The number of carbonyl (C=O) groups is 1. The van der Waals surface area contributed by atoms with Crippen molar-refractivity contribution < 1.29 is 4.79 Å². The highest BCUT2D eigenvalue weighted by Gasteiger charge is 2.67. The van der Waals surface area contributed by atoms with E-state index in [1.165, 1.54) is 19.3 Å². The zero-order valence-electron chi connectivity index (χ0n) is 10.7. The molecule has 0 aromatic carbocycles. The Hall–Kier alpha value is -1.32. The van der Waals surface area contributed by atoms with Gasteiger partial charge in [-0.15, -0.1) is 0 Å². The minimum atomic E-state index is 0.355. The molecule has 3 aliphatic rings.